The lowest BCUT2D eigenvalue weighted by Crippen LogP contribution is -2.45. The highest BCUT2D eigenvalue weighted by Gasteiger charge is 2.21. The van der Waals surface area contributed by atoms with Crippen LogP contribution in [0.3, 0.4) is 0 Å². The first-order valence-corrected chi connectivity index (χ1v) is 6.12. The zero-order valence-corrected chi connectivity index (χ0v) is 10.2. The molecule has 0 aromatic carbocycles. The van der Waals surface area contributed by atoms with Gasteiger partial charge in [0.15, 0.2) is 4.34 Å². The van der Waals surface area contributed by atoms with Gasteiger partial charge in [-0.3, -0.25) is 0 Å². The molecule has 1 atom stereocenters. The van der Waals surface area contributed by atoms with Crippen molar-refractivity contribution in [2.24, 2.45) is 0 Å². The Morgan fingerprint density at radius 2 is 2.29 bits per heavy atom. The molecule has 0 radical (unpaired) electrons. The number of aromatic nitrogens is 2. The number of aliphatic hydroxyl groups is 1. The van der Waals surface area contributed by atoms with Gasteiger partial charge in [0.05, 0.1) is 6.61 Å². The normalized spacial score (nSPS) is 15.4. The maximum atomic E-state index is 9.16. The molecule has 0 fully saturated rings. The van der Waals surface area contributed by atoms with Crippen LogP contribution in [0.5, 0.6) is 0 Å². The third-order valence-electron chi connectivity index (χ3n) is 1.97. The lowest BCUT2D eigenvalue weighted by atomic mass is 10.1. The summed E-state index contributed by atoms with van der Waals surface area (Å²) in [6.07, 6.45) is 0. The molecule has 0 amide bonds. The van der Waals surface area contributed by atoms with Gasteiger partial charge >= 0.3 is 0 Å². The first-order chi connectivity index (χ1) is 6.59. The van der Waals surface area contributed by atoms with Gasteiger partial charge in [-0.1, -0.05) is 23.1 Å². The van der Waals surface area contributed by atoms with Gasteiger partial charge in [0.1, 0.15) is 5.01 Å². The Balaban J connectivity index is 2.47. The number of nitrogens with one attached hydrogen (secondary N) is 1. The Morgan fingerprint density at radius 1 is 1.57 bits per heavy atom. The minimum Gasteiger partial charge on any atom is -0.394 e. The smallest absolute Gasteiger partial charge is 0.174 e. The molecule has 2 N–H and O–H groups in total. The summed E-state index contributed by atoms with van der Waals surface area (Å²) in [6, 6.07) is 0. The first-order valence-electron chi connectivity index (χ1n) is 4.32. The average molecular weight is 233 g/mol. The molecule has 4 nitrogen and oxygen atoms in total. The van der Waals surface area contributed by atoms with Crippen LogP contribution in [0, 0.1) is 6.92 Å². The SMILES string of the molecule is CNC(C)(CO)CSc1nnc(C)s1. The van der Waals surface area contributed by atoms with Crippen molar-refractivity contribution in [2.75, 3.05) is 19.4 Å². The standard InChI is InChI=1S/C8H15N3OS2/c1-6-10-11-7(14-6)13-5-8(2,4-12)9-3/h9,12H,4-5H2,1-3H3. The predicted octanol–water partition coefficient (Wildman–Crippen LogP) is 0.909. The van der Waals surface area contributed by atoms with Crippen LogP contribution in [-0.4, -0.2) is 40.3 Å². The van der Waals surface area contributed by atoms with Crippen LogP contribution in [-0.2, 0) is 0 Å². The van der Waals surface area contributed by atoms with Crippen molar-refractivity contribution in [3.63, 3.8) is 0 Å². The maximum Gasteiger partial charge on any atom is 0.174 e. The number of aliphatic hydroxyl groups excluding tert-OH is 1. The summed E-state index contributed by atoms with van der Waals surface area (Å²) < 4.78 is 0.956. The van der Waals surface area contributed by atoms with E-state index >= 15 is 0 Å². The molecule has 14 heavy (non-hydrogen) atoms. The van der Waals surface area contributed by atoms with E-state index in [9.17, 15) is 0 Å². The number of nitrogens with zero attached hydrogens (tertiary/aromatic N) is 2. The average Bonchev–Trinajstić information content (AvgIpc) is 2.61. The Labute approximate surface area is 92.1 Å². The molecule has 6 heteroatoms. The van der Waals surface area contributed by atoms with E-state index in [2.05, 4.69) is 15.5 Å². The molecular formula is C8H15N3OS2. The number of aryl methyl sites for hydroxylation is 1. The summed E-state index contributed by atoms with van der Waals surface area (Å²) in [5.74, 6) is 0.786. The molecule has 0 aliphatic heterocycles. The van der Waals surface area contributed by atoms with Crippen molar-refractivity contribution in [3.8, 4) is 0 Å². The van der Waals surface area contributed by atoms with E-state index in [1.165, 1.54) is 0 Å². The van der Waals surface area contributed by atoms with Gasteiger partial charge in [0.25, 0.3) is 0 Å². The summed E-state index contributed by atoms with van der Waals surface area (Å²) >= 11 is 3.20. The molecule has 1 aromatic heterocycles. The van der Waals surface area contributed by atoms with Crippen LogP contribution in [0.4, 0.5) is 0 Å². The number of hydrogen-bond acceptors (Lipinski definition) is 6. The fraction of sp³-hybridized carbons (Fsp3) is 0.750. The maximum absolute atomic E-state index is 9.16. The van der Waals surface area contributed by atoms with Crippen LogP contribution in [0.15, 0.2) is 4.34 Å². The largest absolute Gasteiger partial charge is 0.394 e. The van der Waals surface area contributed by atoms with E-state index in [0.29, 0.717) is 0 Å². The van der Waals surface area contributed by atoms with Crippen LogP contribution < -0.4 is 5.32 Å². The predicted molar refractivity (Wildman–Crippen MR) is 59.9 cm³/mol. The molecule has 0 bridgehead atoms. The molecule has 1 rings (SSSR count). The second-order valence-electron chi connectivity index (χ2n) is 3.34. The Morgan fingerprint density at radius 3 is 2.71 bits per heavy atom. The first kappa shape index (κ1) is 11.9. The van der Waals surface area contributed by atoms with E-state index in [1.54, 1.807) is 23.1 Å². The van der Waals surface area contributed by atoms with E-state index in [-0.39, 0.29) is 12.1 Å². The van der Waals surface area contributed by atoms with Crippen LogP contribution in [0.1, 0.15) is 11.9 Å². The second-order valence-corrected chi connectivity index (χ2v) is 5.75. The zero-order chi connectivity index (χ0) is 10.6. The number of likely N-dealkylation sites (N-methyl/N-ethyl adjacent to an activating group) is 1. The molecule has 0 spiro atoms. The number of thioether (sulfide) groups is 1. The summed E-state index contributed by atoms with van der Waals surface area (Å²) in [4.78, 5) is 0. The quantitative estimate of drug-likeness (QED) is 0.740. The van der Waals surface area contributed by atoms with Crippen LogP contribution in [0.2, 0.25) is 0 Å². The van der Waals surface area contributed by atoms with E-state index in [1.807, 2.05) is 20.9 Å². The summed E-state index contributed by atoms with van der Waals surface area (Å²) in [7, 11) is 1.85. The lowest BCUT2D eigenvalue weighted by molar-refractivity contribution is 0.200. The van der Waals surface area contributed by atoms with Crippen molar-refractivity contribution < 1.29 is 5.11 Å². The fourth-order valence-electron chi connectivity index (χ4n) is 0.755. The summed E-state index contributed by atoms with van der Waals surface area (Å²) in [5, 5.41) is 21.2. The van der Waals surface area contributed by atoms with Gasteiger partial charge in [-0.05, 0) is 20.9 Å². The number of hydrogen-bond donors (Lipinski definition) is 2. The molecule has 0 saturated heterocycles. The lowest BCUT2D eigenvalue weighted by Gasteiger charge is -2.25. The monoisotopic (exact) mass is 233 g/mol. The highest BCUT2D eigenvalue weighted by Crippen LogP contribution is 2.25. The Hall–Kier alpha value is -0.170. The Kier molecular flexibility index (Phi) is 4.31. The van der Waals surface area contributed by atoms with E-state index in [0.717, 1.165) is 15.1 Å². The van der Waals surface area contributed by atoms with Gasteiger partial charge in [0.2, 0.25) is 0 Å². The molecule has 0 saturated carbocycles. The third-order valence-corrected chi connectivity index (χ3v) is 4.32. The van der Waals surface area contributed by atoms with E-state index in [4.69, 9.17) is 5.11 Å². The topological polar surface area (TPSA) is 58.0 Å². The molecule has 1 aromatic rings. The Bertz CT molecular complexity index is 286. The van der Waals surface area contributed by atoms with E-state index < -0.39 is 0 Å². The van der Waals surface area contributed by atoms with Crippen LogP contribution >= 0.6 is 23.1 Å². The van der Waals surface area contributed by atoms with Crippen molar-refractivity contribution in [2.45, 2.75) is 23.7 Å². The zero-order valence-electron chi connectivity index (χ0n) is 8.57. The second kappa shape index (κ2) is 5.06. The van der Waals surface area contributed by atoms with Gasteiger partial charge in [-0.25, -0.2) is 0 Å². The molecule has 0 aliphatic carbocycles. The minimum absolute atomic E-state index is 0.119. The molecule has 1 heterocycles. The minimum atomic E-state index is -0.246. The van der Waals surface area contributed by atoms with Crippen LogP contribution in [0.25, 0.3) is 0 Å². The van der Waals surface area contributed by atoms with Crippen molar-refractivity contribution in [3.05, 3.63) is 5.01 Å². The number of rotatable bonds is 5. The van der Waals surface area contributed by atoms with Crippen molar-refractivity contribution >= 4 is 23.1 Å². The van der Waals surface area contributed by atoms with Crippen molar-refractivity contribution in [1.29, 1.82) is 0 Å². The summed E-state index contributed by atoms with van der Waals surface area (Å²) in [5.41, 5.74) is -0.246. The molecular weight excluding hydrogens is 218 g/mol. The molecule has 1 unspecified atom stereocenters. The third kappa shape index (κ3) is 3.20. The van der Waals surface area contributed by atoms with Gasteiger partial charge in [0, 0.05) is 11.3 Å². The van der Waals surface area contributed by atoms with Crippen molar-refractivity contribution in [1.82, 2.24) is 15.5 Å². The highest BCUT2D eigenvalue weighted by molar-refractivity contribution is 8.01. The molecule has 80 valence electrons. The van der Waals surface area contributed by atoms with Gasteiger partial charge in [-0.2, -0.15) is 0 Å². The summed E-state index contributed by atoms with van der Waals surface area (Å²) in [6.45, 7) is 4.03. The fourth-order valence-corrected chi connectivity index (χ4v) is 2.72. The van der Waals surface area contributed by atoms with Gasteiger partial charge in [-0.15, -0.1) is 10.2 Å². The van der Waals surface area contributed by atoms with Gasteiger partial charge < -0.3 is 10.4 Å². The highest BCUT2D eigenvalue weighted by atomic mass is 32.2. The molecule has 0 aliphatic rings.